The number of benzene rings is 2. The average molecular weight is 496 g/mol. The van der Waals surface area contributed by atoms with Crippen molar-refractivity contribution in [1.29, 1.82) is 0 Å². The van der Waals surface area contributed by atoms with Crippen LogP contribution in [0, 0.1) is 6.92 Å². The first-order valence-corrected chi connectivity index (χ1v) is 11.7. The van der Waals surface area contributed by atoms with Gasteiger partial charge in [-0.25, -0.2) is 14.6 Å². The van der Waals surface area contributed by atoms with Crippen LogP contribution in [0.2, 0.25) is 0 Å². The van der Waals surface area contributed by atoms with Gasteiger partial charge in [0, 0.05) is 23.8 Å². The van der Waals surface area contributed by atoms with Crippen LogP contribution in [-0.2, 0) is 11.4 Å². The SMILES string of the molecule is Cc1ccc2nc(COc3ccccc3C(=O)Nc3ccc(NC(=O)[C@H](C)n4cncn4)cc3)cn2c1. The lowest BCUT2D eigenvalue weighted by Crippen LogP contribution is -2.24. The average Bonchev–Trinajstić information content (AvgIpc) is 3.58. The summed E-state index contributed by atoms with van der Waals surface area (Å²) in [5, 5.41) is 9.69. The Bertz CT molecular complexity index is 1540. The molecule has 2 amide bonds. The normalized spacial score (nSPS) is 11.7. The fourth-order valence-electron chi connectivity index (χ4n) is 3.78. The minimum Gasteiger partial charge on any atom is -0.486 e. The smallest absolute Gasteiger partial charge is 0.259 e. The highest BCUT2D eigenvalue weighted by molar-refractivity contribution is 6.06. The minimum absolute atomic E-state index is 0.228. The maximum absolute atomic E-state index is 13.0. The maximum atomic E-state index is 13.0. The van der Waals surface area contributed by atoms with E-state index >= 15 is 0 Å². The van der Waals surface area contributed by atoms with Crippen molar-refractivity contribution in [2.45, 2.75) is 26.5 Å². The van der Waals surface area contributed by atoms with Crippen molar-refractivity contribution >= 4 is 28.8 Å². The van der Waals surface area contributed by atoms with Crippen LogP contribution >= 0.6 is 0 Å². The van der Waals surface area contributed by atoms with Gasteiger partial charge >= 0.3 is 0 Å². The number of aryl methyl sites for hydroxylation is 1. The van der Waals surface area contributed by atoms with E-state index in [2.05, 4.69) is 25.7 Å². The highest BCUT2D eigenvalue weighted by Crippen LogP contribution is 2.22. The van der Waals surface area contributed by atoms with E-state index in [9.17, 15) is 9.59 Å². The molecule has 0 unspecified atom stereocenters. The summed E-state index contributed by atoms with van der Waals surface area (Å²) in [7, 11) is 0. The van der Waals surface area contributed by atoms with Crippen LogP contribution in [0.5, 0.6) is 5.75 Å². The van der Waals surface area contributed by atoms with E-state index in [0.717, 1.165) is 16.9 Å². The van der Waals surface area contributed by atoms with E-state index in [1.807, 2.05) is 41.9 Å². The molecule has 2 aromatic carbocycles. The highest BCUT2D eigenvalue weighted by Gasteiger charge is 2.16. The predicted molar refractivity (Wildman–Crippen MR) is 138 cm³/mol. The van der Waals surface area contributed by atoms with Crippen LogP contribution in [0.3, 0.4) is 0 Å². The summed E-state index contributed by atoms with van der Waals surface area (Å²) in [6.07, 6.45) is 6.78. The summed E-state index contributed by atoms with van der Waals surface area (Å²) in [5.41, 5.74) is 4.32. The van der Waals surface area contributed by atoms with Gasteiger partial charge in [-0.05, 0) is 61.9 Å². The minimum atomic E-state index is -0.511. The Balaban J connectivity index is 1.21. The van der Waals surface area contributed by atoms with Crippen LogP contribution in [0.1, 0.15) is 34.6 Å². The Hall–Kier alpha value is -4.99. The summed E-state index contributed by atoms with van der Waals surface area (Å²) in [5.74, 6) is -0.0776. The molecule has 10 heteroatoms. The van der Waals surface area contributed by atoms with Crippen molar-refractivity contribution in [2.24, 2.45) is 0 Å². The van der Waals surface area contributed by atoms with Gasteiger partial charge in [-0.3, -0.25) is 9.59 Å². The highest BCUT2D eigenvalue weighted by atomic mass is 16.5. The number of hydrogen-bond acceptors (Lipinski definition) is 6. The number of carbonyl (C=O) groups excluding carboxylic acids is 2. The lowest BCUT2D eigenvalue weighted by Gasteiger charge is -2.13. The number of hydrogen-bond donors (Lipinski definition) is 2. The van der Waals surface area contributed by atoms with Crippen molar-refractivity contribution in [2.75, 3.05) is 10.6 Å². The van der Waals surface area contributed by atoms with Crippen molar-refractivity contribution < 1.29 is 14.3 Å². The van der Waals surface area contributed by atoms with Gasteiger partial charge in [0.1, 0.15) is 36.7 Å². The van der Waals surface area contributed by atoms with Crippen LogP contribution in [0.25, 0.3) is 5.65 Å². The zero-order valence-corrected chi connectivity index (χ0v) is 20.3. The second-order valence-electron chi connectivity index (χ2n) is 8.56. The molecule has 0 spiro atoms. The number of carbonyl (C=O) groups is 2. The van der Waals surface area contributed by atoms with Crippen molar-refractivity contribution in [3.63, 3.8) is 0 Å². The molecule has 0 fully saturated rings. The number of amides is 2. The van der Waals surface area contributed by atoms with E-state index in [4.69, 9.17) is 4.74 Å². The number of imidazole rings is 1. The fourth-order valence-corrected chi connectivity index (χ4v) is 3.78. The number of para-hydroxylation sites is 1. The van der Waals surface area contributed by atoms with E-state index in [1.54, 1.807) is 49.4 Å². The van der Waals surface area contributed by atoms with Gasteiger partial charge in [-0.15, -0.1) is 0 Å². The predicted octanol–water partition coefficient (Wildman–Crippen LogP) is 4.27. The number of rotatable bonds is 8. The van der Waals surface area contributed by atoms with Gasteiger partial charge in [0.25, 0.3) is 5.91 Å². The molecule has 5 rings (SSSR count). The van der Waals surface area contributed by atoms with Crippen LogP contribution in [-0.4, -0.2) is 36.0 Å². The Morgan fingerprint density at radius 2 is 1.73 bits per heavy atom. The third-order valence-electron chi connectivity index (χ3n) is 5.78. The zero-order valence-electron chi connectivity index (χ0n) is 20.3. The van der Waals surface area contributed by atoms with E-state index in [1.165, 1.54) is 17.3 Å². The monoisotopic (exact) mass is 495 g/mol. The molecule has 0 saturated heterocycles. The molecule has 2 N–H and O–H groups in total. The molecule has 0 aliphatic heterocycles. The third kappa shape index (κ3) is 5.48. The molecule has 0 aliphatic rings. The van der Waals surface area contributed by atoms with Crippen molar-refractivity contribution in [3.05, 3.63) is 103 Å². The van der Waals surface area contributed by atoms with Crippen molar-refractivity contribution in [3.8, 4) is 5.75 Å². The van der Waals surface area contributed by atoms with Gasteiger partial charge in [-0.2, -0.15) is 5.10 Å². The van der Waals surface area contributed by atoms with Gasteiger partial charge < -0.3 is 19.8 Å². The second-order valence-corrected chi connectivity index (χ2v) is 8.56. The van der Waals surface area contributed by atoms with E-state index in [0.29, 0.717) is 22.7 Å². The number of nitrogens with zero attached hydrogens (tertiary/aromatic N) is 5. The Morgan fingerprint density at radius 1 is 0.973 bits per heavy atom. The van der Waals surface area contributed by atoms with Gasteiger partial charge in [0.2, 0.25) is 5.91 Å². The van der Waals surface area contributed by atoms with Gasteiger partial charge in [-0.1, -0.05) is 18.2 Å². The molecule has 10 nitrogen and oxygen atoms in total. The lowest BCUT2D eigenvalue weighted by atomic mass is 10.1. The first-order valence-electron chi connectivity index (χ1n) is 11.7. The summed E-state index contributed by atoms with van der Waals surface area (Å²) in [4.78, 5) is 33.9. The number of pyridine rings is 1. The summed E-state index contributed by atoms with van der Waals surface area (Å²) in [6, 6.07) is 17.4. The summed E-state index contributed by atoms with van der Waals surface area (Å²) in [6.45, 7) is 3.98. The second kappa shape index (κ2) is 10.3. The molecular weight excluding hydrogens is 470 g/mol. The Morgan fingerprint density at radius 3 is 2.49 bits per heavy atom. The first kappa shape index (κ1) is 23.7. The topological polar surface area (TPSA) is 115 Å². The fraction of sp³-hybridized carbons (Fsp3) is 0.148. The molecule has 3 heterocycles. The first-order chi connectivity index (χ1) is 18.0. The molecule has 186 valence electrons. The van der Waals surface area contributed by atoms with Crippen molar-refractivity contribution in [1.82, 2.24) is 24.1 Å². The van der Waals surface area contributed by atoms with E-state index < -0.39 is 6.04 Å². The molecule has 0 bridgehead atoms. The molecule has 5 aromatic rings. The molecule has 0 radical (unpaired) electrons. The maximum Gasteiger partial charge on any atom is 0.259 e. The number of fused-ring (bicyclic) bond motifs is 1. The largest absolute Gasteiger partial charge is 0.486 e. The Kier molecular flexibility index (Phi) is 6.62. The quantitative estimate of drug-likeness (QED) is 0.332. The Labute approximate surface area is 212 Å². The molecule has 1 atom stereocenters. The van der Waals surface area contributed by atoms with Gasteiger partial charge in [0.15, 0.2) is 0 Å². The molecule has 0 aliphatic carbocycles. The third-order valence-corrected chi connectivity index (χ3v) is 5.78. The number of anilines is 2. The summed E-state index contributed by atoms with van der Waals surface area (Å²) >= 11 is 0. The van der Waals surface area contributed by atoms with Crippen LogP contribution in [0.4, 0.5) is 11.4 Å². The number of nitrogens with one attached hydrogen (secondary N) is 2. The van der Waals surface area contributed by atoms with Crippen LogP contribution < -0.4 is 15.4 Å². The van der Waals surface area contributed by atoms with E-state index in [-0.39, 0.29) is 18.4 Å². The molecule has 37 heavy (non-hydrogen) atoms. The molecular formula is C27H25N7O3. The van der Waals surface area contributed by atoms with Crippen LogP contribution in [0.15, 0.2) is 85.7 Å². The molecule has 3 aromatic heterocycles. The summed E-state index contributed by atoms with van der Waals surface area (Å²) < 4.78 is 9.39. The zero-order chi connectivity index (χ0) is 25.8. The lowest BCUT2D eigenvalue weighted by molar-refractivity contribution is -0.119. The standard InChI is InChI=1S/C27H25N7O3/c1-18-7-12-25-30-22(14-33(25)13-18)15-37-24-6-4-3-5-23(24)27(36)32-21-10-8-20(9-11-21)31-26(35)19(2)34-17-28-16-29-34/h3-14,16-17,19H,15H2,1-2H3,(H,31,35)(H,32,36)/t19-/m0/s1. The molecule has 0 saturated carbocycles. The van der Waals surface area contributed by atoms with Gasteiger partial charge in [0.05, 0.1) is 11.3 Å². The number of ether oxygens (including phenoxy) is 1. The number of aromatic nitrogens is 5.